The van der Waals surface area contributed by atoms with Crippen LogP contribution in [0.1, 0.15) is 28.4 Å². The molecule has 0 aliphatic carbocycles. The van der Waals surface area contributed by atoms with E-state index < -0.39 is 0 Å². The quantitative estimate of drug-likeness (QED) is 0.528. The van der Waals surface area contributed by atoms with Crippen molar-refractivity contribution in [1.82, 2.24) is 19.7 Å². The first-order valence-electron chi connectivity index (χ1n) is 10.1. The molecule has 0 bridgehead atoms. The minimum atomic E-state index is -0.148. The minimum Gasteiger partial charge on any atom is -0.383 e. The van der Waals surface area contributed by atoms with Crippen molar-refractivity contribution in [2.24, 2.45) is 0 Å². The first-order chi connectivity index (χ1) is 15.1. The van der Waals surface area contributed by atoms with E-state index in [1.165, 1.54) is 6.33 Å². The fourth-order valence-electron chi connectivity index (χ4n) is 3.87. The van der Waals surface area contributed by atoms with E-state index in [0.29, 0.717) is 35.9 Å². The van der Waals surface area contributed by atoms with E-state index in [1.54, 1.807) is 6.07 Å². The van der Waals surface area contributed by atoms with Gasteiger partial charge in [-0.3, -0.25) is 4.79 Å². The van der Waals surface area contributed by atoms with E-state index in [9.17, 15) is 4.79 Å². The Hall–Kier alpha value is -3.78. The van der Waals surface area contributed by atoms with Crippen LogP contribution in [0, 0.1) is 6.92 Å². The maximum atomic E-state index is 12.5. The average molecular weight is 414 g/mol. The molecule has 31 heavy (non-hydrogen) atoms. The third-order valence-electron chi connectivity index (χ3n) is 5.47. The van der Waals surface area contributed by atoms with Gasteiger partial charge >= 0.3 is 0 Å². The molecule has 5 rings (SSSR count). The van der Waals surface area contributed by atoms with Crippen molar-refractivity contribution in [1.29, 1.82) is 0 Å². The molecule has 1 aliphatic rings. The van der Waals surface area contributed by atoms with E-state index in [4.69, 9.17) is 15.6 Å². The van der Waals surface area contributed by atoms with Gasteiger partial charge in [0.15, 0.2) is 5.65 Å². The number of hydrogen-bond acceptors (Lipinski definition) is 6. The molecule has 1 saturated heterocycles. The van der Waals surface area contributed by atoms with Crippen molar-refractivity contribution in [3.8, 4) is 11.3 Å². The van der Waals surface area contributed by atoms with Crippen LogP contribution in [0.3, 0.4) is 0 Å². The second-order valence-electron chi connectivity index (χ2n) is 7.67. The zero-order valence-corrected chi connectivity index (χ0v) is 17.1. The van der Waals surface area contributed by atoms with Crippen LogP contribution in [0.5, 0.6) is 0 Å². The summed E-state index contributed by atoms with van der Waals surface area (Å²) in [4.78, 5) is 21.1. The van der Waals surface area contributed by atoms with Crippen LogP contribution < -0.4 is 11.1 Å². The molecule has 1 aliphatic heterocycles. The predicted molar refractivity (Wildman–Crippen MR) is 119 cm³/mol. The van der Waals surface area contributed by atoms with Gasteiger partial charge in [0, 0.05) is 23.4 Å². The Morgan fingerprint density at radius 3 is 2.77 bits per heavy atom. The summed E-state index contributed by atoms with van der Waals surface area (Å²) in [5, 5.41) is 8.48. The highest BCUT2D eigenvalue weighted by Gasteiger charge is 2.25. The Balaban J connectivity index is 1.46. The summed E-state index contributed by atoms with van der Waals surface area (Å²) < 4.78 is 7.42. The lowest BCUT2D eigenvalue weighted by Gasteiger charge is -2.08. The second-order valence-corrected chi connectivity index (χ2v) is 7.67. The highest BCUT2D eigenvalue weighted by atomic mass is 16.5. The Kier molecular flexibility index (Phi) is 4.83. The van der Waals surface area contributed by atoms with Crippen LogP contribution in [0.15, 0.2) is 54.9 Å². The molecular formula is C23H22N6O2. The molecule has 0 saturated carbocycles. The number of nitrogen functional groups attached to an aromatic ring is 1. The highest BCUT2D eigenvalue weighted by molar-refractivity contribution is 6.04. The molecule has 2 aromatic heterocycles. The summed E-state index contributed by atoms with van der Waals surface area (Å²) in [5.41, 5.74) is 10.8. The zero-order chi connectivity index (χ0) is 21.4. The van der Waals surface area contributed by atoms with Crippen molar-refractivity contribution in [2.75, 3.05) is 24.3 Å². The van der Waals surface area contributed by atoms with Gasteiger partial charge in [0.25, 0.3) is 5.91 Å². The zero-order valence-electron chi connectivity index (χ0n) is 17.1. The average Bonchev–Trinajstić information content (AvgIpc) is 3.43. The summed E-state index contributed by atoms with van der Waals surface area (Å²) in [6.07, 6.45) is 2.34. The molecule has 2 aromatic carbocycles. The molecular weight excluding hydrogens is 392 g/mol. The van der Waals surface area contributed by atoms with Gasteiger partial charge in [0.1, 0.15) is 17.8 Å². The minimum absolute atomic E-state index is 0.124. The number of benzene rings is 2. The van der Waals surface area contributed by atoms with Crippen molar-refractivity contribution in [2.45, 2.75) is 19.4 Å². The maximum absolute atomic E-state index is 12.5. The van der Waals surface area contributed by atoms with E-state index in [2.05, 4.69) is 15.3 Å². The lowest BCUT2D eigenvalue weighted by Crippen LogP contribution is -2.11. The fourth-order valence-corrected chi connectivity index (χ4v) is 3.87. The number of ether oxygens (including phenoxy) is 1. The number of nitrogens with two attached hydrogens (primary N) is 1. The van der Waals surface area contributed by atoms with Crippen molar-refractivity contribution < 1.29 is 9.53 Å². The second kappa shape index (κ2) is 7.81. The van der Waals surface area contributed by atoms with Crippen LogP contribution in [-0.2, 0) is 4.74 Å². The number of carbonyl (C=O) groups excluding carboxylic acids is 1. The highest BCUT2D eigenvalue weighted by Crippen LogP contribution is 2.33. The number of fused-ring (bicyclic) bond motifs is 1. The summed E-state index contributed by atoms with van der Waals surface area (Å²) >= 11 is 0. The maximum Gasteiger partial charge on any atom is 0.255 e. The molecule has 8 nitrogen and oxygen atoms in total. The van der Waals surface area contributed by atoms with Crippen LogP contribution in [0.2, 0.25) is 0 Å². The number of hydrogen-bond donors (Lipinski definition) is 2. The van der Waals surface area contributed by atoms with Gasteiger partial charge in [-0.2, -0.15) is 5.10 Å². The summed E-state index contributed by atoms with van der Waals surface area (Å²) in [6, 6.07) is 15.1. The molecule has 0 spiro atoms. The van der Waals surface area contributed by atoms with Gasteiger partial charge in [0.05, 0.1) is 18.0 Å². The lowest BCUT2D eigenvalue weighted by atomic mass is 10.1. The molecule has 0 unspecified atom stereocenters. The van der Waals surface area contributed by atoms with Crippen LogP contribution >= 0.6 is 0 Å². The molecule has 4 aromatic rings. The number of nitrogens with zero attached hydrogens (tertiary/aromatic N) is 4. The number of aryl methyl sites for hydroxylation is 1. The van der Waals surface area contributed by atoms with Crippen LogP contribution in [-0.4, -0.2) is 38.9 Å². The Morgan fingerprint density at radius 1 is 1.19 bits per heavy atom. The predicted octanol–water partition coefficient (Wildman–Crippen LogP) is 3.60. The van der Waals surface area contributed by atoms with Gasteiger partial charge < -0.3 is 15.8 Å². The fraction of sp³-hybridized carbons (Fsp3) is 0.217. The Bertz CT molecular complexity index is 1260. The number of amides is 1. The SMILES string of the molecule is Cc1cccc(C(=O)Nc2ccc(-c3nn([C@@H]4CCOC4)c4ncnc(N)c34)cc2)c1. The molecule has 1 fully saturated rings. The van der Waals surface area contributed by atoms with Gasteiger partial charge in [-0.05, 0) is 37.6 Å². The van der Waals surface area contributed by atoms with Crippen molar-refractivity contribution in [3.05, 3.63) is 66.0 Å². The summed E-state index contributed by atoms with van der Waals surface area (Å²) in [7, 11) is 0. The van der Waals surface area contributed by atoms with Gasteiger partial charge in [-0.15, -0.1) is 0 Å². The molecule has 1 atom stereocenters. The number of nitrogens with one attached hydrogen (secondary N) is 1. The molecule has 8 heteroatoms. The number of carbonyl (C=O) groups is 1. The topological polar surface area (TPSA) is 108 Å². The molecule has 0 radical (unpaired) electrons. The van der Waals surface area contributed by atoms with Crippen molar-refractivity contribution >= 4 is 28.4 Å². The van der Waals surface area contributed by atoms with E-state index in [-0.39, 0.29) is 11.9 Å². The summed E-state index contributed by atoms with van der Waals surface area (Å²) in [6.45, 7) is 3.27. The summed E-state index contributed by atoms with van der Waals surface area (Å²) in [5.74, 6) is 0.243. The van der Waals surface area contributed by atoms with E-state index in [1.807, 2.05) is 54.1 Å². The van der Waals surface area contributed by atoms with Gasteiger partial charge in [0.2, 0.25) is 0 Å². The number of anilines is 2. The normalized spacial score (nSPS) is 16.0. The first-order valence-corrected chi connectivity index (χ1v) is 10.1. The molecule has 1 amide bonds. The Labute approximate surface area is 179 Å². The molecule has 3 heterocycles. The van der Waals surface area contributed by atoms with Crippen LogP contribution in [0.25, 0.3) is 22.3 Å². The van der Waals surface area contributed by atoms with Gasteiger partial charge in [-0.25, -0.2) is 14.6 Å². The smallest absolute Gasteiger partial charge is 0.255 e. The molecule has 3 N–H and O–H groups in total. The third kappa shape index (κ3) is 3.62. The first kappa shape index (κ1) is 19.2. The standard InChI is InChI=1S/C23H22N6O2/c1-14-3-2-4-16(11-14)23(30)27-17-7-5-15(6-8-17)20-19-21(24)25-13-26-22(19)29(28-20)18-9-10-31-12-18/h2-8,11,13,18H,9-10,12H2,1H3,(H,27,30)(H2,24,25,26)/t18-/m1/s1. The van der Waals surface area contributed by atoms with Crippen LogP contribution in [0.4, 0.5) is 11.5 Å². The van der Waals surface area contributed by atoms with E-state index in [0.717, 1.165) is 28.6 Å². The van der Waals surface area contributed by atoms with Gasteiger partial charge in [-0.1, -0.05) is 29.8 Å². The Morgan fingerprint density at radius 2 is 2.03 bits per heavy atom. The largest absolute Gasteiger partial charge is 0.383 e. The number of aromatic nitrogens is 4. The van der Waals surface area contributed by atoms with E-state index >= 15 is 0 Å². The third-order valence-corrected chi connectivity index (χ3v) is 5.47. The lowest BCUT2D eigenvalue weighted by molar-refractivity contribution is 0.102. The monoisotopic (exact) mass is 414 g/mol. The molecule has 156 valence electrons. The number of rotatable bonds is 4. The van der Waals surface area contributed by atoms with Crippen molar-refractivity contribution in [3.63, 3.8) is 0 Å².